The number of ketones is 2. The molecule has 0 bridgehead atoms. The molecule has 0 unspecified atom stereocenters. The maximum atomic E-state index is 12.6. The van der Waals surface area contributed by atoms with E-state index in [1.165, 1.54) is 0 Å². The van der Waals surface area contributed by atoms with Crippen molar-refractivity contribution in [3.8, 4) is 0 Å². The highest BCUT2D eigenvalue weighted by molar-refractivity contribution is 7.99. The van der Waals surface area contributed by atoms with E-state index < -0.39 is 11.6 Å². The topological polar surface area (TPSA) is 46.5 Å². The number of carbonyl (C=O) groups excluding carboxylic acids is 2. The summed E-state index contributed by atoms with van der Waals surface area (Å²) in [7, 11) is 0. The standard InChI is InChI=1S/C18H25NO2S/c1-6-14-8-12(3)9-15(7-2)17(14)18(21)16(20)10-19-13(4)11-22-5/h8-9H,6-7,10-11H2,1-5H3. The number of aliphatic imine (C=N–C) groups is 1. The van der Waals surface area contributed by atoms with Crippen LogP contribution in [-0.4, -0.2) is 35.8 Å². The average Bonchev–Trinajstić information content (AvgIpc) is 2.51. The molecule has 0 spiro atoms. The van der Waals surface area contributed by atoms with Crippen molar-refractivity contribution in [3.63, 3.8) is 0 Å². The van der Waals surface area contributed by atoms with Crippen LogP contribution in [0.3, 0.4) is 0 Å². The molecule has 0 atom stereocenters. The quantitative estimate of drug-likeness (QED) is 0.417. The normalized spacial score (nSPS) is 11.6. The maximum Gasteiger partial charge on any atom is 0.231 e. The van der Waals surface area contributed by atoms with Gasteiger partial charge in [-0.1, -0.05) is 31.5 Å². The first-order valence-electron chi connectivity index (χ1n) is 7.63. The van der Waals surface area contributed by atoms with Gasteiger partial charge in [0.2, 0.25) is 11.6 Å². The van der Waals surface area contributed by atoms with Gasteiger partial charge in [-0.15, -0.1) is 0 Å². The zero-order valence-electron chi connectivity index (χ0n) is 14.2. The fourth-order valence-electron chi connectivity index (χ4n) is 2.46. The lowest BCUT2D eigenvalue weighted by atomic mass is 9.91. The summed E-state index contributed by atoms with van der Waals surface area (Å²) >= 11 is 1.65. The molecule has 3 nitrogen and oxygen atoms in total. The van der Waals surface area contributed by atoms with E-state index in [0.717, 1.165) is 41.0 Å². The highest BCUT2D eigenvalue weighted by Gasteiger charge is 2.21. The number of nitrogens with zero attached hydrogens (tertiary/aromatic N) is 1. The molecule has 0 N–H and O–H groups in total. The smallest absolute Gasteiger partial charge is 0.231 e. The highest BCUT2D eigenvalue weighted by atomic mass is 32.2. The summed E-state index contributed by atoms with van der Waals surface area (Å²) in [6.07, 6.45) is 3.48. The lowest BCUT2D eigenvalue weighted by Gasteiger charge is -2.13. The number of hydrogen-bond donors (Lipinski definition) is 0. The average molecular weight is 319 g/mol. The second kappa shape index (κ2) is 8.89. The largest absolute Gasteiger partial charge is 0.288 e. The van der Waals surface area contributed by atoms with E-state index in [4.69, 9.17) is 0 Å². The van der Waals surface area contributed by atoms with Gasteiger partial charge in [-0.2, -0.15) is 11.8 Å². The molecule has 0 saturated carbocycles. The summed E-state index contributed by atoms with van der Waals surface area (Å²) < 4.78 is 0. The summed E-state index contributed by atoms with van der Waals surface area (Å²) in [5.74, 6) is -0.0324. The Kier molecular flexibility index (Phi) is 7.52. The van der Waals surface area contributed by atoms with Crippen LogP contribution in [0.25, 0.3) is 0 Å². The van der Waals surface area contributed by atoms with Gasteiger partial charge >= 0.3 is 0 Å². The minimum absolute atomic E-state index is 0.0502. The first-order valence-corrected chi connectivity index (χ1v) is 9.02. The molecule has 0 saturated heterocycles. The molecule has 0 radical (unpaired) electrons. The molecule has 0 aliphatic carbocycles. The lowest BCUT2D eigenvalue weighted by Crippen LogP contribution is -2.21. The van der Waals surface area contributed by atoms with Crippen molar-refractivity contribution in [2.45, 2.75) is 40.5 Å². The fraction of sp³-hybridized carbons (Fsp3) is 0.500. The van der Waals surface area contributed by atoms with Crippen LogP contribution in [0.15, 0.2) is 17.1 Å². The van der Waals surface area contributed by atoms with Crippen molar-refractivity contribution in [3.05, 3.63) is 34.4 Å². The van der Waals surface area contributed by atoms with E-state index in [1.54, 1.807) is 11.8 Å². The third-order valence-electron chi connectivity index (χ3n) is 3.53. The minimum Gasteiger partial charge on any atom is -0.288 e. The molecule has 0 fully saturated rings. The van der Waals surface area contributed by atoms with E-state index in [2.05, 4.69) is 4.99 Å². The molecule has 1 aromatic carbocycles. The van der Waals surface area contributed by atoms with Gasteiger partial charge in [0.1, 0.15) is 6.54 Å². The third kappa shape index (κ3) is 4.80. The van der Waals surface area contributed by atoms with Gasteiger partial charge in [-0.25, -0.2) is 0 Å². The van der Waals surface area contributed by atoms with Gasteiger partial charge in [-0.05, 0) is 44.1 Å². The minimum atomic E-state index is -0.422. The zero-order valence-corrected chi connectivity index (χ0v) is 15.0. The van der Waals surface area contributed by atoms with Gasteiger partial charge in [-0.3, -0.25) is 14.6 Å². The Hall–Kier alpha value is -1.42. The molecular weight excluding hydrogens is 294 g/mol. The summed E-state index contributed by atoms with van der Waals surface area (Å²) in [4.78, 5) is 29.0. The van der Waals surface area contributed by atoms with Gasteiger partial charge < -0.3 is 0 Å². The van der Waals surface area contributed by atoms with Crippen molar-refractivity contribution in [1.29, 1.82) is 0 Å². The SMILES string of the molecule is CCc1cc(C)cc(CC)c1C(=O)C(=O)CN=C(C)CSC. The number of hydrogen-bond acceptors (Lipinski definition) is 4. The molecule has 0 amide bonds. The molecule has 120 valence electrons. The van der Waals surface area contributed by atoms with Crippen LogP contribution in [0.5, 0.6) is 0 Å². The van der Waals surface area contributed by atoms with Crippen LogP contribution in [0.1, 0.15) is 47.8 Å². The van der Waals surface area contributed by atoms with Crippen LogP contribution in [0, 0.1) is 6.92 Å². The zero-order chi connectivity index (χ0) is 16.7. The third-order valence-corrected chi connectivity index (χ3v) is 4.24. The Balaban J connectivity index is 3.07. The van der Waals surface area contributed by atoms with Crippen molar-refractivity contribution in [2.24, 2.45) is 4.99 Å². The van der Waals surface area contributed by atoms with Gasteiger partial charge in [0, 0.05) is 17.0 Å². The monoisotopic (exact) mass is 319 g/mol. The Labute approximate surface area is 137 Å². The molecule has 0 aliphatic rings. The molecular formula is C18H25NO2S. The Bertz CT molecular complexity index is 566. The van der Waals surface area contributed by atoms with Gasteiger partial charge in [0.05, 0.1) is 0 Å². The van der Waals surface area contributed by atoms with Crippen LogP contribution < -0.4 is 0 Å². The van der Waals surface area contributed by atoms with Crippen LogP contribution in [0.4, 0.5) is 0 Å². The lowest BCUT2D eigenvalue weighted by molar-refractivity contribution is -0.113. The van der Waals surface area contributed by atoms with E-state index in [9.17, 15) is 9.59 Å². The second-order valence-electron chi connectivity index (χ2n) is 5.40. The molecule has 1 aromatic rings. The van der Waals surface area contributed by atoms with Gasteiger partial charge in [0.15, 0.2) is 0 Å². The predicted molar refractivity (Wildman–Crippen MR) is 95.6 cm³/mol. The molecule has 22 heavy (non-hydrogen) atoms. The van der Waals surface area contributed by atoms with E-state index >= 15 is 0 Å². The van der Waals surface area contributed by atoms with Crippen LogP contribution in [0.2, 0.25) is 0 Å². The number of carbonyl (C=O) groups is 2. The summed E-state index contributed by atoms with van der Waals surface area (Å²) in [6, 6.07) is 4.00. The molecule has 4 heteroatoms. The van der Waals surface area contributed by atoms with Crippen molar-refractivity contribution in [2.75, 3.05) is 18.6 Å². The van der Waals surface area contributed by atoms with Crippen molar-refractivity contribution >= 4 is 29.0 Å². The molecule has 0 aliphatic heterocycles. The highest BCUT2D eigenvalue weighted by Crippen LogP contribution is 2.20. The van der Waals surface area contributed by atoms with Crippen LogP contribution >= 0.6 is 11.8 Å². The van der Waals surface area contributed by atoms with Gasteiger partial charge in [0.25, 0.3) is 0 Å². The number of rotatable bonds is 8. The first-order chi connectivity index (χ1) is 10.4. The number of benzene rings is 1. The molecule has 0 aromatic heterocycles. The molecule has 1 rings (SSSR count). The Morgan fingerprint density at radius 1 is 1.14 bits per heavy atom. The van der Waals surface area contributed by atoms with E-state index in [1.807, 2.05) is 46.1 Å². The predicted octanol–water partition coefficient (Wildman–Crippen LogP) is 3.70. The summed E-state index contributed by atoms with van der Waals surface area (Å²) in [5, 5.41) is 0. The molecule has 0 heterocycles. The number of aryl methyl sites for hydroxylation is 3. The summed E-state index contributed by atoms with van der Waals surface area (Å²) in [6.45, 7) is 7.87. The summed E-state index contributed by atoms with van der Waals surface area (Å²) in [5.41, 5.74) is 4.54. The number of thioether (sulfide) groups is 1. The Morgan fingerprint density at radius 3 is 2.14 bits per heavy atom. The fourth-order valence-corrected chi connectivity index (χ4v) is 2.97. The Morgan fingerprint density at radius 2 is 1.68 bits per heavy atom. The maximum absolute atomic E-state index is 12.6. The van der Waals surface area contributed by atoms with E-state index in [0.29, 0.717) is 5.56 Å². The van der Waals surface area contributed by atoms with E-state index in [-0.39, 0.29) is 6.54 Å². The van der Waals surface area contributed by atoms with Crippen molar-refractivity contribution in [1.82, 2.24) is 0 Å². The first kappa shape index (κ1) is 18.6. The second-order valence-corrected chi connectivity index (χ2v) is 6.27. The van der Waals surface area contributed by atoms with Crippen molar-refractivity contribution < 1.29 is 9.59 Å². The number of Topliss-reactive ketones (excluding diaryl/α,β-unsaturated/α-hetero) is 2. The van der Waals surface area contributed by atoms with Crippen LogP contribution in [-0.2, 0) is 17.6 Å².